The molecule has 0 aliphatic rings. The third-order valence-electron chi connectivity index (χ3n) is 3.76. The Balaban J connectivity index is 2.09. The van der Waals surface area contributed by atoms with Gasteiger partial charge in [0.1, 0.15) is 12.4 Å². The van der Waals surface area contributed by atoms with E-state index in [1.54, 1.807) is 0 Å². The van der Waals surface area contributed by atoms with Crippen LogP contribution in [0.3, 0.4) is 0 Å². The van der Waals surface area contributed by atoms with Crippen LogP contribution in [0.2, 0.25) is 0 Å². The van der Waals surface area contributed by atoms with Gasteiger partial charge in [0, 0.05) is 0 Å². The van der Waals surface area contributed by atoms with Crippen LogP contribution in [0.15, 0.2) is 47.6 Å². The van der Waals surface area contributed by atoms with E-state index in [4.69, 9.17) is 9.47 Å². The van der Waals surface area contributed by atoms with Gasteiger partial charge in [0.25, 0.3) is 5.91 Å². The van der Waals surface area contributed by atoms with Crippen molar-refractivity contribution in [3.05, 3.63) is 53.8 Å². The predicted octanol–water partition coefficient (Wildman–Crippen LogP) is 1.90. The average molecular weight is 453 g/mol. The molecule has 0 fully saturated rings. The molecule has 0 atom stereocenters. The van der Waals surface area contributed by atoms with E-state index in [-0.39, 0.29) is 17.2 Å². The first kappa shape index (κ1) is 23.6. The topological polar surface area (TPSA) is 124 Å². The molecule has 2 aromatic carbocycles. The largest absolute Gasteiger partial charge is 0.513 e. The molecule has 0 saturated heterocycles. The van der Waals surface area contributed by atoms with Crippen LogP contribution in [0.1, 0.15) is 5.56 Å². The Morgan fingerprint density at radius 3 is 2.48 bits per heavy atom. The summed E-state index contributed by atoms with van der Waals surface area (Å²) >= 11 is 0. The molecule has 12 heteroatoms. The molecule has 0 heterocycles. The van der Waals surface area contributed by atoms with Gasteiger partial charge in [-0.1, -0.05) is 12.1 Å². The number of carbonyl (C=O) groups excluding carboxylic acids is 2. The van der Waals surface area contributed by atoms with E-state index >= 15 is 0 Å². The number of ether oxygens (including phenoxy) is 3. The van der Waals surface area contributed by atoms with Crippen molar-refractivity contribution >= 4 is 34.0 Å². The van der Waals surface area contributed by atoms with Crippen LogP contribution in [0, 0.1) is 5.82 Å². The first-order valence-corrected chi connectivity index (χ1v) is 10.5. The highest BCUT2D eigenvalue weighted by Gasteiger charge is 2.23. The number of methoxy groups -OCH3 is 2. The number of sulfonamides is 1. The van der Waals surface area contributed by atoms with Crippen LogP contribution in [0.5, 0.6) is 11.5 Å². The van der Waals surface area contributed by atoms with Crippen molar-refractivity contribution in [2.75, 3.05) is 31.3 Å². The Labute approximate surface area is 178 Å². The monoisotopic (exact) mass is 453 g/mol. The fourth-order valence-corrected chi connectivity index (χ4v) is 3.22. The molecule has 0 bridgehead atoms. The predicted molar refractivity (Wildman–Crippen MR) is 110 cm³/mol. The van der Waals surface area contributed by atoms with Gasteiger partial charge < -0.3 is 14.2 Å². The fraction of sp³-hybridized carbons (Fsp3) is 0.211. The Bertz CT molecular complexity index is 1090. The number of nitrogens with one attached hydrogen (secondary N) is 1. The van der Waals surface area contributed by atoms with Crippen molar-refractivity contribution in [1.29, 1.82) is 0 Å². The first-order valence-electron chi connectivity index (χ1n) is 8.63. The highest BCUT2D eigenvalue weighted by Crippen LogP contribution is 2.28. The highest BCUT2D eigenvalue weighted by atomic mass is 32.2. The smallest absolute Gasteiger partial charge is 0.493 e. The zero-order valence-corrected chi connectivity index (χ0v) is 17.7. The molecular formula is C19H20FN3O7S. The lowest BCUT2D eigenvalue weighted by molar-refractivity contribution is -0.119. The van der Waals surface area contributed by atoms with Crippen molar-refractivity contribution in [3.63, 3.8) is 0 Å². The summed E-state index contributed by atoms with van der Waals surface area (Å²) in [6, 6.07) is 9.63. The first-order chi connectivity index (χ1) is 14.7. The third-order valence-corrected chi connectivity index (χ3v) is 4.89. The van der Waals surface area contributed by atoms with E-state index in [1.807, 2.05) is 0 Å². The minimum Gasteiger partial charge on any atom is -0.493 e. The number of halogens is 1. The number of benzene rings is 2. The molecule has 1 N–H and O–H groups in total. The lowest BCUT2D eigenvalue weighted by Crippen LogP contribution is -2.39. The SMILES string of the molecule is COC(=O)Oc1ccc(C=NNC(=O)CN(c2ccccc2F)S(C)(=O)=O)cc1OC. The molecule has 0 radical (unpaired) electrons. The van der Waals surface area contributed by atoms with Gasteiger partial charge in [0.15, 0.2) is 11.5 Å². The minimum absolute atomic E-state index is 0.115. The van der Waals surface area contributed by atoms with Crippen molar-refractivity contribution in [2.24, 2.45) is 5.10 Å². The van der Waals surface area contributed by atoms with E-state index in [2.05, 4.69) is 15.3 Å². The second-order valence-corrected chi connectivity index (χ2v) is 7.89. The van der Waals surface area contributed by atoms with Crippen LogP contribution >= 0.6 is 0 Å². The summed E-state index contributed by atoms with van der Waals surface area (Å²) < 4.78 is 53.1. The molecule has 166 valence electrons. The standard InChI is InChI=1S/C19H20FN3O7S/c1-28-17-10-13(8-9-16(17)30-19(25)29-2)11-21-22-18(24)12-23(31(3,26)27)15-7-5-4-6-14(15)20/h4-11H,12H2,1-3H3,(H,22,24). The number of rotatable bonds is 8. The van der Waals surface area contributed by atoms with Crippen molar-refractivity contribution in [3.8, 4) is 11.5 Å². The molecule has 0 aromatic heterocycles. The van der Waals surface area contributed by atoms with E-state index in [1.165, 1.54) is 49.7 Å². The molecule has 0 saturated carbocycles. The highest BCUT2D eigenvalue weighted by molar-refractivity contribution is 7.92. The number of carbonyl (C=O) groups is 2. The van der Waals surface area contributed by atoms with Crippen LogP contribution in [-0.2, 0) is 19.6 Å². The second-order valence-electron chi connectivity index (χ2n) is 5.98. The second kappa shape index (κ2) is 10.4. The molecule has 1 amide bonds. The number of amides is 1. The van der Waals surface area contributed by atoms with Crippen LogP contribution < -0.4 is 19.2 Å². The maximum Gasteiger partial charge on any atom is 0.513 e. The number of hydrazone groups is 1. The van der Waals surface area contributed by atoms with Gasteiger partial charge in [0.2, 0.25) is 10.0 Å². The van der Waals surface area contributed by atoms with Gasteiger partial charge in [-0.25, -0.2) is 23.0 Å². The quantitative estimate of drug-likeness (QED) is 0.280. The van der Waals surface area contributed by atoms with Gasteiger partial charge in [-0.05, 0) is 35.9 Å². The Kier molecular flexibility index (Phi) is 7.91. The maximum absolute atomic E-state index is 14.0. The van der Waals surface area contributed by atoms with Crippen molar-refractivity contribution in [2.45, 2.75) is 0 Å². The molecule has 0 aliphatic carbocycles. The van der Waals surface area contributed by atoms with Gasteiger partial charge in [-0.15, -0.1) is 0 Å². The van der Waals surface area contributed by atoms with E-state index in [9.17, 15) is 22.4 Å². The van der Waals surface area contributed by atoms with Crippen molar-refractivity contribution < 1.29 is 36.6 Å². The maximum atomic E-state index is 14.0. The molecule has 10 nitrogen and oxygen atoms in total. The van der Waals surface area contributed by atoms with Crippen LogP contribution in [-0.4, -0.2) is 53.7 Å². The molecule has 2 aromatic rings. The summed E-state index contributed by atoms with van der Waals surface area (Å²) in [6.45, 7) is -0.674. The summed E-state index contributed by atoms with van der Waals surface area (Å²) in [5.41, 5.74) is 2.39. The Morgan fingerprint density at radius 2 is 1.87 bits per heavy atom. The number of hydrogen-bond acceptors (Lipinski definition) is 8. The molecule has 0 spiro atoms. The molecule has 0 aliphatic heterocycles. The molecule has 0 unspecified atom stereocenters. The lowest BCUT2D eigenvalue weighted by Gasteiger charge is -2.21. The number of hydrogen-bond donors (Lipinski definition) is 1. The van der Waals surface area contributed by atoms with E-state index < -0.39 is 34.4 Å². The number of nitrogens with zero attached hydrogens (tertiary/aromatic N) is 2. The van der Waals surface area contributed by atoms with Gasteiger partial charge in [-0.3, -0.25) is 9.10 Å². The van der Waals surface area contributed by atoms with Crippen LogP contribution in [0.4, 0.5) is 14.9 Å². The summed E-state index contributed by atoms with van der Waals surface area (Å²) in [6.07, 6.45) is 1.20. The fourth-order valence-electron chi connectivity index (χ4n) is 2.36. The summed E-state index contributed by atoms with van der Waals surface area (Å²) in [4.78, 5) is 23.4. The number of anilines is 1. The average Bonchev–Trinajstić information content (AvgIpc) is 2.72. The van der Waals surface area contributed by atoms with E-state index in [0.717, 1.165) is 19.4 Å². The minimum atomic E-state index is -3.93. The summed E-state index contributed by atoms with van der Waals surface area (Å²) in [5, 5.41) is 3.75. The van der Waals surface area contributed by atoms with Gasteiger partial charge in [-0.2, -0.15) is 5.10 Å². The van der Waals surface area contributed by atoms with E-state index in [0.29, 0.717) is 9.87 Å². The molecular weight excluding hydrogens is 433 g/mol. The molecule has 2 rings (SSSR count). The number of para-hydroxylation sites is 1. The van der Waals surface area contributed by atoms with Gasteiger partial charge >= 0.3 is 6.16 Å². The Hall–Kier alpha value is -3.67. The molecule has 31 heavy (non-hydrogen) atoms. The third kappa shape index (κ3) is 6.67. The normalized spacial score (nSPS) is 11.1. The summed E-state index contributed by atoms with van der Waals surface area (Å²) in [7, 11) is -1.40. The van der Waals surface area contributed by atoms with Crippen LogP contribution in [0.25, 0.3) is 0 Å². The zero-order valence-electron chi connectivity index (χ0n) is 16.9. The van der Waals surface area contributed by atoms with Gasteiger partial charge in [0.05, 0.1) is 32.4 Å². The lowest BCUT2D eigenvalue weighted by atomic mass is 10.2. The zero-order chi connectivity index (χ0) is 23.0. The van der Waals surface area contributed by atoms with Crippen molar-refractivity contribution in [1.82, 2.24) is 5.43 Å². The Morgan fingerprint density at radius 1 is 1.16 bits per heavy atom. The summed E-state index contributed by atoms with van der Waals surface area (Å²) in [5.74, 6) is -1.25.